The predicted octanol–water partition coefficient (Wildman–Crippen LogP) is 3.45. The van der Waals surface area contributed by atoms with Crippen LogP contribution >= 0.6 is 11.8 Å². The Hall–Kier alpha value is -1.03. The zero-order valence-electron chi connectivity index (χ0n) is 9.93. The number of rotatable bonds is 3. The maximum atomic E-state index is 11.1. The third-order valence-electron chi connectivity index (χ3n) is 3.19. The van der Waals surface area contributed by atoms with Gasteiger partial charge in [-0.05, 0) is 24.8 Å². The van der Waals surface area contributed by atoms with Crippen molar-refractivity contribution in [1.29, 1.82) is 0 Å². The summed E-state index contributed by atoms with van der Waals surface area (Å²) < 4.78 is 0. The van der Waals surface area contributed by atoms with Gasteiger partial charge in [0.05, 0.1) is 5.56 Å². The Kier molecular flexibility index (Phi) is 4.05. The van der Waals surface area contributed by atoms with Crippen LogP contribution in [0.1, 0.15) is 43.0 Å². The zero-order chi connectivity index (χ0) is 12.3. The van der Waals surface area contributed by atoms with Gasteiger partial charge in [0.1, 0.15) is 0 Å². The molecule has 4 heteroatoms. The second-order valence-electron chi connectivity index (χ2n) is 4.69. The van der Waals surface area contributed by atoms with Gasteiger partial charge in [-0.3, -0.25) is 4.98 Å². The molecule has 0 bridgehead atoms. The first-order valence-corrected chi connectivity index (χ1v) is 6.88. The van der Waals surface area contributed by atoms with Crippen molar-refractivity contribution in [3.63, 3.8) is 0 Å². The Bertz CT molecular complexity index is 408. The van der Waals surface area contributed by atoms with E-state index in [4.69, 9.17) is 5.11 Å². The van der Waals surface area contributed by atoms with Gasteiger partial charge < -0.3 is 5.11 Å². The van der Waals surface area contributed by atoms with Crippen LogP contribution in [0.5, 0.6) is 0 Å². The number of aromatic carboxylic acids is 1. The molecule has 1 N–H and O–H groups in total. The molecule has 1 aliphatic carbocycles. The highest BCUT2D eigenvalue weighted by Crippen LogP contribution is 2.37. The highest BCUT2D eigenvalue weighted by Gasteiger charge is 2.21. The number of pyridine rings is 1. The van der Waals surface area contributed by atoms with E-state index in [0.29, 0.717) is 10.8 Å². The molecule has 1 aromatic heterocycles. The van der Waals surface area contributed by atoms with Gasteiger partial charge in [0.15, 0.2) is 0 Å². The lowest BCUT2D eigenvalue weighted by Gasteiger charge is -2.26. The van der Waals surface area contributed by atoms with Crippen molar-refractivity contribution < 1.29 is 9.90 Å². The number of carboxylic acids is 1. The standard InChI is InChI=1S/C13H17NO2S/c1-9-3-2-4-10(7-9)17-12-5-6-14-8-11(12)13(15)16/h5-6,8-10H,2-4,7H2,1H3,(H,15,16). The van der Waals surface area contributed by atoms with Crippen molar-refractivity contribution in [1.82, 2.24) is 4.98 Å². The number of aromatic nitrogens is 1. The molecule has 1 aromatic rings. The van der Waals surface area contributed by atoms with Crippen molar-refractivity contribution in [3.8, 4) is 0 Å². The summed E-state index contributed by atoms with van der Waals surface area (Å²) in [6.07, 6.45) is 8.05. The number of hydrogen-bond donors (Lipinski definition) is 1. The molecule has 2 rings (SSSR count). The van der Waals surface area contributed by atoms with E-state index in [9.17, 15) is 4.79 Å². The van der Waals surface area contributed by atoms with Crippen LogP contribution in [0.3, 0.4) is 0 Å². The Balaban J connectivity index is 2.10. The molecule has 2 atom stereocenters. The minimum Gasteiger partial charge on any atom is -0.478 e. The van der Waals surface area contributed by atoms with E-state index < -0.39 is 5.97 Å². The van der Waals surface area contributed by atoms with Crippen molar-refractivity contribution in [2.24, 2.45) is 5.92 Å². The van der Waals surface area contributed by atoms with E-state index in [1.54, 1.807) is 18.0 Å². The topological polar surface area (TPSA) is 50.2 Å². The molecule has 1 aliphatic rings. The minimum absolute atomic E-state index is 0.329. The molecule has 1 saturated carbocycles. The fourth-order valence-electron chi connectivity index (χ4n) is 2.31. The molecule has 3 nitrogen and oxygen atoms in total. The molecule has 1 heterocycles. The normalized spacial score (nSPS) is 24.5. The summed E-state index contributed by atoms with van der Waals surface area (Å²) in [5.41, 5.74) is 0.329. The van der Waals surface area contributed by atoms with Gasteiger partial charge in [0.25, 0.3) is 0 Å². The quantitative estimate of drug-likeness (QED) is 0.894. The molecule has 17 heavy (non-hydrogen) atoms. The molecule has 2 unspecified atom stereocenters. The van der Waals surface area contributed by atoms with E-state index in [1.165, 1.54) is 31.9 Å². The van der Waals surface area contributed by atoms with Crippen LogP contribution in [-0.2, 0) is 0 Å². The fourth-order valence-corrected chi connectivity index (χ4v) is 3.78. The average molecular weight is 251 g/mol. The van der Waals surface area contributed by atoms with Gasteiger partial charge in [-0.25, -0.2) is 4.79 Å². The van der Waals surface area contributed by atoms with Crippen LogP contribution in [0.25, 0.3) is 0 Å². The fraction of sp³-hybridized carbons (Fsp3) is 0.538. The Morgan fingerprint density at radius 3 is 3.06 bits per heavy atom. The van der Waals surface area contributed by atoms with Crippen molar-refractivity contribution in [2.75, 3.05) is 0 Å². The molecule has 0 aliphatic heterocycles. The van der Waals surface area contributed by atoms with Crippen LogP contribution in [0.4, 0.5) is 0 Å². The van der Waals surface area contributed by atoms with E-state index in [0.717, 1.165) is 10.8 Å². The lowest BCUT2D eigenvalue weighted by Crippen LogP contribution is -2.15. The summed E-state index contributed by atoms with van der Waals surface area (Å²) in [6.45, 7) is 2.28. The minimum atomic E-state index is -0.885. The van der Waals surface area contributed by atoms with Gasteiger partial charge in [0.2, 0.25) is 0 Å². The first-order chi connectivity index (χ1) is 8.16. The van der Waals surface area contributed by atoms with Gasteiger partial charge in [-0.1, -0.05) is 19.8 Å². The number of carbonyl (C=O) groups is 1. The van der Waals surface area contributed by atoms with Gasteiger partial charge in [0, 0.05) is 22.5 Å². The third-order valence-corrected chi connectivity index (χ3v) is 4.56. The molecule has 0 radical (unpaired) electrons. The molecule has 0 aromatic carbocycles. The maximum absolute atomic E-state index is 11.1. The number of hydrogen-bond acceptors (Lipinski definition) is 3. The van der Waals surface area contributed by atoms with Crippen LogP contribution in [0, 0.1) is 5.92 Å². The van der Waals surface area contributed by atoms with Gasteiger partial charge in [-0.15, -0.1) is 11.8 Å². The monoisotopic (exact) mass is 251 g/mol. The van der Waals surface area contributed by atoms with Crippen molar-refractivity contribution >= 4 is 17.7 Å². The summed E-state index contributed by atoms with van der Waals surface area (Å²) >= 11 is 1.70. The molecule has 0 amide bonds. The first-order valence-electron chi connectivity index (χ1n) is 6.00. The summed E-state index contributed by atoms with van der Waals surface area (Å²) in [7, 11) is 0. The molecule has 92 valence electrons. The third kappa shape index (κ3) is 3.22. The van der Waals surface area contributed by atoms with Gasteiger partial charge >= 0.3 is 5.97 Å². The molecule has 0 saturated heterocycles. The molecular weight excluding hydrogens is 234 g/mol. The summed E-state index contributed by atoms with van der Waals surface area (Å²) in [5.74, 6) is -0.124. The highest BCUT2D eigenvalue weighted by atomic mass is 32.2. The Labute approximate surface area is 106 Å². The number of nitrogens with zero attached hydrogens (tertiary/aromatic N) is 1. The highest BCUT2D eigenvalue weighted by molar-refractivity contribution is 8.00. The zero-order valence-corrected chi connectivity index (χ0v) is 10.7. The second-order valence-corrected chi connectivity index (χ2v) is 6.03. The van der Waals surface area contributed by atoms with Crippen LogP contribution in [0.15, 0.2) is 23.4 Å². The number of carboxylic acid groups (broad SMARTS) is 1. The maximum Gasteiger partial charge on any atom is 0.338 e. The average Bonchev–Trinajstić information content (AvgIpc) is 2.29. The van der Waals surface area contributed by atoms with E-state index in [1.807, 2.05) is 6.07 Å². The van der Waals surface area contributed by atoms with Crippen LogP contribution < -0.4 is 0 Å². The lowest BCUT2D eigenvalue weighted by molar-refractivity contribution is 0.0692. The predicted molar refractivity (Wildman–Crippen MR) is 68.5 cm³/mol. The lowest BCUT2D eigenvalue weighted by atomic mass is 9.91. The summed E-state index contributed by atoms with van der Waals surface area (Å²) in [5, 5.41) is 9.65. The smallest absolute Gasteiger partial charge is 0.338 e. The van der Waals surface area contributed by atoms with Crippen molar-refractivity contribution in [3.05, 3.63) is 24.0 Å². The van der Waals surface area contributed by atoms with E-state index in [2.05, 4.69) is 11.9 Å². The Morgan fingerprint density at radius 2 is 2.35 bits per heavy atom. The molecule has 0 spiro atoms. The van der Waals surface area contributed by atoms with Crippen LogP contribution in [0.2, 0.25) is 0 Å². The Morgan fingerprint density at radius 1 is 1.53 bits per heavy atom. The van der Waals surface area contributed by atoms with Crippen molar-refractivity contribution in [2.45, 2.75) is 42.8 Å². The van der Waals surface area contributed by atoms with Crippen LogP contribution in [-0.4, -0.2) is 21.3 Å². The van der Waals surface area contributed by atoms with Gasteiger partial charge in [-0.2, -0.15) is 0 Å². The summed E-state index contributed by atoms with van der Waals surface area (Å²) in [6, 6.07) is 1.81. The number of thioether (sulfide) groups is 1. The molecule has 1 fully saturated rings. The molecular formula is C13H17NO2S. The largest absolute Gasteiger partial charge is 0.478 e. The summed E-state index contributed by atoms with van der Waals surface area (Å²) in [4.78, 5) is 15.8. The SMILES string of the molecule is CC1CCCC(Sc2ccncc2C(=O)O)C1. The second kappa shape index (κ2) is 5.54. The van der Waals surface area contributed by atoms with E-state index in [-0.39, 0.29) is 0 Å². The first kappa shape index (κ1) is 12.4. The van der Waals surface area contributed by atoms with E-state index >= 15 is 0 Å².